The van der Waals surface area contributed by atoms with Crippen LogP contribution in [0.5, 0.6) is 0 Å². The molecule has 1 aromatic heterocycles. The zero-order valence-electron chi connectivity index (χ0n) is 15.4. The molecule has 2 fully saturated rings. The number of pyridine rings is 1. The number of amides is 1. The van der Waals surface area contributed by atoms with E-state index in [2.05, 4.69) is 16.8 Å². The Morgan fingerprint density at radius 3 is 2.76 bits per heavy atom. The molecule has 1 saturated carbocycles. The Morgan fingerprint density at radius 1 is 1.32 bits per heavy atom. The maximum atomic E-state index is 12.9. The van der Waals surface area contributed by atoms with Crippen LogP contribution in [0.3, 0.4) is 0 Å². The third-order valence-corrected chi connectivity index (χ3v) is 6.14. The number of hydrogen-bond donors (Lipinski definition) is 1. The number of nitrogens with one attached hydrogen (secondary N) is 1. The molecule has 0 spiro atoms. The van der Waals surface area contributed by atoms with Crippen molar-refractivity contribution in [1.29, 1.82) is 5.26 Å². The molecule has 134 valence electrons. The van der Waals surface area contributed by atoms with Gasteiger partial charge in [-0.15, -0.1) is 0 Å². The van der Waals surface area contributed by atoms with Crippen molar-refractivity contribution in [3.05, 3.63) is 32.7 Å². The average molecular weight is 341 g/mol. The lowest BCUT2D eigenvalue weighted by molar-refractivity contribution is -0.134. The fourth-order valence-corrected chi connectivity index (χ4v) is 4.92. The topological polar surface area (TPSA) is 77.0 Å². The van der Waals surface area contributed by atoms with E-state index in [1.54, 1.807) is 6.92 Å². The SMILES string of the molecule is Cc1[nH]c(=O)c(C#N)c(C)c1CCC(=O)N1[C@H](C)C[C@H]2CCCC[C@H]21. The average Bonchev–Trinajstić information content (AvgIpc) is 2.90. The highest BCUT2D eigenvalue weighted by atomic mass is 16.2. The summed E-state index contributed by atoms with van der Waals surface area (Å²) in [7, 11) is 0. The van der Waals surface area contributed by atoms with E-state index >= 15 is 0 Å². The first-order valence-corrected chi connectivity index (χ1v) is 9.37. The maximum Gasteiger partial charge on any atom is 0.266 e. The molecule has 1 N–H and O–H groups in total. The van der Waals surface area contributed by atoms with E-state index in [0.717, 1.165) is 24.1 Å². The van der Waals surface area contributed by atoms with Crippen molar-refractivity contribution in [2.75, 3.05) is 0 Å². The second kappa shape index (κ2) is 7.03. The molecule has 1 aliphatic heterocycles. The number of carbonyl (C=O) groups is 1. The normalized spacial score (nSPS) is 25.5. The molecule has 3 atom stereocenters. The molecule has 0 unspecified atom stereocenters. The van der Waals surface area contributed by atoms with Crippen LogP contribution in [0.15, 0.2) is 4.79 Å². The van der Waals surface area contributed by atoms with Gasteiger partial charge in [0.1, 0.15) is 11.6 Å². The monoisotopic (exact) mass is 341 g/mol. The number of H-pyrrole nitrogens is 1. The van der Waals surface area contributed by atoms with E-state index in [-0.39, 0.29) is 17.0 Å². The second-order valence-corrected chi connectivity index (χ2v) is 7.67. The number of aryl methyl sites for hydroxylation is 1. The lowest BCUT2D eigenvalue weighted by atomic mass is 9.85. The predicted molar refractivity (Wildman–Crippen MR) is 96.2 cm³/mol. The van der Waals surface area contributed by atoms with Crippen LogP contribution in [0.25, 0.3) is 0 Å². The highest BCUT2D eigenvalue weighted by molar-refractivity contribution is 5.77. The number of hydrogen-bond acceptors (Lipinski definition) is 3. The van der Waals surface area contributed by atoms with Crippen LogP contribution in [-0.4, -0.2) is 27.9 Å². The van der Waals surface area contributed by atoms with Gasteiger partial charge < -0.3 is 9.88 Å². The van der Waals surface area contributed by atoms with Crippen molar-refractivity contribution in [2.45, 2.75) is 77.8 Å². The first-order valence-electron chi connectivity index (χ1n) is 9.37. The van der Waals surface area contributed by atoms with Gasteiger partial charge in [-0.1, -0.05) is 12.8 Å². The number of nitriles is 1. The molecule has 3 rings (SSSR count). The molecule has 0 radical (unpaired) electrons. The molecule has 1 amide bonds. The van der Waals surface area contributed by atoms with Gasteiger partial charge in [-0.05, 0) is 63.5 Å². The minimum absolute atomic E-state index is 0.162. The molecule has 5 nitrogen and oxygen atoms in total. The van der Waals surface area contributed by atoms with Gasteiger partial charge in [-0.2, -0.15) is 5.26 Å². The molecule has 1 saturated heterocycles. The van der Waals surface area contributed by atoms with Gasteiger partial charge in [0.25, 0.3) is 5.56 Å². The number of aromatic nitrogens is 1. The van der Waals surface area contributed by atoms with Crippen molar-refractivity contribution in [3.8, 4) is 6.07 Å². The lowest BCUT2D eigenvalue weighted by Gasteiger charge is -2.33. The van der Waals surface area contributed by atoms with Crippen LogP contribution in [-0.2, 0) is 11.2 Å². The lowest BCUT2D eigenvalue weighted by Crippen LogP contribution is -2.42. The number of carbonyl (C=O) groups excluding carboxylic acids is 1. The summed E-state index contributed by atoms with van der Waals surface area (Å²) in [4.78, 5) is 29.6. The van der Waals surface area contributed by atoms with Crippen LogP contribution in [0.4, 0.5) is 0 Å². The number of aromatic amines is 1. The Bertz CT molecular complexity index is 774. The number of rotatable bonds is 3. The summed E-state index contributed by atoms with van der Waals surface area (Å²) < 4.78 is 0. The van der Waals surface area contributed by atoms with Crippen LogP contribution >= 0.6 is 0 Å². The summed E-state index contributed by atoms with van der Waals surface area (Å²) in [6.07, 6.45) is 7.04. The molecule has 2 heterocycles. The molecule has 5 heteroatoms. The van der Waals surface area contributed by atoms with Gasteiger partial charge in [0.2, 0.25) is 5.91 Å². The first kappa shape index (κ1) is 17.7. The number of fused-ring (bicyclic) bond motifs is 1. The van der Waals surface area contributed by atoms with Crippen LogP contribution in [0.2, 0.25) is 0 Å². The van der Waals surface area contributed by atoms with E-state index in [9.17, 15) is 14.9 Å². The van der Waals surface area contributed by atoms with Crippen molar-refractivity contribution in [3.63, 3.8) is 0 Å². The van der Waals surface area contributed by atoms with Gasteiger partial charge in [-0.3, -0.25) is 9.59 Å². The van der Waals surface area contributed by atoms with E-state index in [1.807, 2.05) is 13.0 Å². The van der Waals surface area contributed by atoms with Gasteiger partial charge in [0, 0.05) is 24.2 Å². The third kappa shape index (κ3) is 3.22. The zero-order valence-corrected chi connectivity index (χ0v) is 15.4. The standard InChI is InChI=1S/C20H27N3O2/c1-12-10-15-6-4-5-7-18(15)23(12)19(24)9-8-16-13(2)17(11-21)20(25)22-14(16)3/h12,15,18H,4-10H2,1-3H3,(H,22,25)/t12-,15-,18-/m1/s1. The Balaban J connectivity index is 1.75. The largest absolute Gasteiger partial charge is 0.337 e. The van der Waals surface area contributed by atoms with Gasteiger partial charge in [0.15, 0.2) is 0 Å². The van der Waals surface area contributed by atoms with Crippen LogP contribution in [0, 0.1) is 31.1 Å². The molecule has 0 bridgehead atoms. The molecular weight excluding hydrogens is 314 g/mol. The fourth-order valence-electron chi connectivity index (χ4n) is 4.92. The van der Waals surface area contributed by atoms with Gasteiger partial charge >= 0.3 is 0 Å². The summed E-state index contributed by atoms with van der Waals surface area (Å²) in [5.41, 5.74) is 2.22. The highest BCUT2D eigenvalue weighted by Crippen LogP contribution is 2.39. The summed E-state index contributed by atoms with van der Waals surface area (Å²) in [6, 6.07) is 2.73. The Hall–Kier alpha value is -2.09. The highest BCUT2D eigenvalue weighted by Gasteiger charge is 2.42. The molecule has 1 aromatic rings. The summed E-state index contributed by atoms with van der Waals surface area (Å²) in [6.45, 7) is 5.81. The first-order chi connectivity index (χ1) is 11.9. The van der Waals surface area contributed by atoms with Gasteiger partial charge in [-0.25, -0.2) is 0 Å². The fraction of sp³-hybridized carbons (Fsp3) is 0.650. The summed E-state index contributed by atoms with van der Waals surface area (Å²) in [5, 5.41) is 9.18. The Morgan fingerprint density at radius 2 is 2.04 bits per heavy atom. The van der Waals surface area contributed by atoms with E-state index in [4.69, 9.17) is 0 Å². The molecule has 0 aromatic carbocycles. The number of likely N-dealkylation sites (tertiary alicyclic amines) is 1. The Kier molecular flexibility index (Phi) is 4.99. The minimum atomic E-state index is -0.342. The summed E-state index contributed by atoms with van der Waals surface area (Å²) in [5.74, 6) is 0.889. The molecule has 25 heavy (non-hydrogen) atoms. The molecule has 1 aliphatic carbocycles. The van der Waals surface area contributed by atoms with Gasteiger partial charge in [0.05, 0.1) is 0 Å². The molecule has 2 aliphatic rings. The smallest absolute Gasteiger partial charge is 0.266 e. The number of nitrogens with zero attached hydrogens (tertiary/aromatic N) is 2. The minimum Gasteiger partial charge on any atom is -0.337 e. The zero-order chi connectivity index (χ0) is 18.1. The van der Waals surface area contributed by atoms with Crippen LogP contribution < -0.4 is 5.56 Å². The van der Waals surface area contributed by atoms with Crippen molar-refractivity contribution in [2.24, 2.45) is 5.92 Å². The van der Waals surface area contributed by atoms with Crippen molar-refractivity contribution < 1.29 is 4.79 Å². The maximum absolute atomic E-state index is 12.9. The Labute approximate surface area is 149 Å². The predicted octanol–water partition coefficient (Wildman–Crippen LogP) is 2.98. The second-order valence-electron chi connectivity index (χ2n) is 7.67. The summed E-state index contributed by atoms with van der Waals surface area (Å²) >= 11 is 0. The van der Waals surface area contributed by atoms with Crippen molar-refractivity contribution in [1.82, 2.24) is 9.88 Å². The van der Waals surface area contributed by atoms with E-state index in [0.29, 0.717) is 36.4 Å². The quantitative estimate of drug-likeness (QED) is 0.918. The van der Waals surface area contributed by atoms with E-state index in [1.165, 1.54) is 19.3 Å². The van der Waals surface area contributed by atoms with Crippen LogP contribution in [0.1, 0.15) is 67.8 Å². The van der Waals surface area contributed by atoms with Crippen molar-refractivity contribution >= 4 is 5.91 Å². The molecular formula is C20H27N3O2. The van der Waals surface area contributed by atoms with E-state index < -0.39 is 0 Å². The third-order valence-electron chi connectivity index (χ3n) is 6.14.